The molecule has 1 amide bonds. The van der Waals surface area contributed by atoms with Crippen LogP contribution in [0.25, 0.3) is 5.76 Å². The molecule has 0 aliphatic carbocycles. The Morgan fingerprint density at radius 2 is 1.78 bits per heavy atom. The summed E-state index contributed by atoms with van der Waals surface area (Å²) >= 11 is 5.90. The van der Waals surface area contributed by atoms with Gasteiger partial charge in [-0.25, -0.2) is 0 Å². The molecule has 140 valence electrons. The molecular formula is C21H20ClNO4. The lowest BCUT2D eigenvalue weighted by Crippen LogP contribution is -2.21. The van der Waals surface area contributed by atoms with Crippen molar-refractivity contribution in [3.05, 3.63) is 70.3 Å². The van der Waals surface area contributed by atoms with Crippen molar-refractivity contribution in [1.29, 1.82) is 0 Å². The molecule has 0 radical (unpaired) electrons. The maximum atomic E-state index is 12.3. The molecule has 1 aliphatic rings. The minimum Gasteiger partial charge on any atom is -0.507 e. The van der Waals surface area contributed by atoms with E-state index in [-0.39, 0.29) is 11.3 Å². The zero-order chi connectivity index (χ0) is 19.4. The summed E-state index contributed by atoms with van der Waals surface area (Å²) < 4.78 is 5.60. The van der Waals surface area contributed by atoms with Gasteiger partial charge in [-0.15, -0.1) is 0 Å². The summed E-state index contributed by atoms with van der Waals surface area (Å²) in [6.45, 7) is 2.71. The normalized spacial score (nSPS) is 18.4. The Kier molecular flexibility index (Phi) is 5.81. The number of aliphatic hydroxyl groups is 1. The molecule has 6 heteroatoms. The minimum absolute atomic E-state index is 0.0296. The van der Waals surface area contributed by atoms with Crippen LogP contribution < -0.4 is 10.1 Å². The van der Waals surface area contributed by atoms with E-state index >= 15 is 0 Å². The van der Waals surface area contributed by atoms with Crippen molar-refractivity contribution in [2.24, 2.45) is 0 Å². The number of amides is 1. The Hall–Kier alpha value is -2.79. The van der Waals surface area contributed by atoms with Gasteiger partial charge < -0.3 is 15.2 Å². The summed E-state index contributed by atoms with van der Waals surface area (Å²) in [5.74, 6) is -1.02. The Balaban J connectivity index is 1.91. The van der Waals surface area contributed by atoms with Crippen molar-refractivity contribution < 1.29 is 19.4 Å². The van der Waals surface area contributed by atoms with Crippen LogP contribution in [0.2, 0.25) is 5.02 Å². The fourth-order valence-corrected chi connectivity index (χ4v) is 3.00. The third kappa shape index (κ3) is 4.14. The van der Waals surface area contributed by atoms with Crippen LogP contribution in [0.1, 0.15) is 36.9 Å². The summed E-state index contributed by atoms with van der Waals surface area (Å²) in [4.78, 5) is 24.3. The van der Waals surface area contributed by atoms with Crippen LogP contribution in [0.4, 0.5) is 0 Å². The van der Waals surface area contributed by atoms with E-state index in [0.29, 0.717) is 28.5 Å². The molecule has 3 rings (SSSR count). The monoisotopic (exact) mass is 385 g/mol. The van der Waals surface area contributed by atoms with E-state index in [4.69, 9.17) is 16.3 Å². The smallest absolute Gasteiger partial charge is 0.293 e. The number of halogens is 1. The molecule has 0 bridgehead atoms. The van der Waals surface area contributed by atoms with Gasteiger partial charge in [0.1, 0.15) is 11.5 Å². The first-order valence-corrected chi connectivity index (χ1v) is 9.16. The van der Waals surface area contributed by atoms with Gasteiger partial charge in [0, 0.05) is 10.6 Å². The number of nitrogens with one attached hydrogen (secondary N) is 1. The highest BCUT2D eigenvalue weighted by atomic mass is 35.5. The highest BCUT2D eigenvalue weighted by Gasteiger charge is 2.39. The molecule has 0 aromatic heterocycles. The van der Waals surface area contributed by atoms with Crippen LogP contribution in [0.15, 0.2) is 54.1 Å². The molecule has 1 aliphatic heterocycles. The number of unbranched alkanes of at least 4 members (excludes halogenated alkanes) is 1. The van der Waals surface area contributed by atoms with Crippen LogP contribution in [0, 0.1) is 0 Å². The lowest BCUT2D eigenvalue weighted by molar-refractivity contribution is -0.133. The quantitative estimate of drug-likeness (QED) is 0.338. The third-order valence-electron chi connectivity index (χ3n) is 4.37. The van der Waals surface area contributed by atoms with E-state index in [1.54, 1.807) is 48.5 Å². The molecule has 5 nitrogen and oxygen atoms in total. The number of benzene rings is 2. The molecule has 1 heterocycles. The van der Waals surface area contributed by atoms with Gasteiger partial charge in [-0.05, 0) is 48.4 Å². The number of hydrogen-bond acceptors (Lipinski definition) is 4. The van der Waals surface area contributed by atoms with Crippen LogP contribution in [-0.2, 0) is 9.59 Å². The molecule has 0 saturated carbocycles. The zero-order valence-electron chi connectivity index (χ0n) is 14.9. The van der Waals surface area contributed by atoms with Crippen molar-refractivity contribution in [3.63, 3.8) is 0 Å². The maximum Gasteiger partial charge on any atom is 0.293 e. The second-order valence-corrected chi connectivity index (χ2v) is 6.71. The highest BCUT2D eigenvalue weighted by molar-refractivity contribution is 6.46. The average molecular weight is 386 g/mol. The van der Waals surface area contributed by atoms with Crippen molar-refractivity contribution in [2.75, 3.05) is 6.61 Å². The van der Waals surface area contributed by atoms with Gasteiger partial charge in [-0.3, -0.25) is 9.59 Å². The van der Waals surface area contributed by atoms with Crippen LogP contribution in [-0.4, -0.2) is 23.4 Å². The van der Waals surface area contributed by atoms with Crippen molar-refractivity contribution in [2.45, 2.75) is 25.8 Å². The number of aliphatic hydroxyl groups excluding tert-OH is 1. The van der Waals surface area contributed by atoms with Gasteiger partial charge in [-0.1, -0.05) is 37.1 Å². The molecule has 0 spiro atoms. The number of Topliss-reactive ketones (excluding diaryl/α,β-unsaturated/α-hetero) is 1. The van der Waals surface area contributed by atoms with E-state index in [9.17, 15) is 14.7 Å². The number of ether oxygens (including phenoxy) is 1. The topological polar surface area (TPSA) is 75.6 Å². The van der Waals surface area contributed by atoms with Gasteiger partial charge in [0.25, 0.3) is 11.7 Å². The highest BCUT2D eigenvalue weighted by Crippen LogP contribution is 2.33. The summed E-state index contributed by atoms with van der Waals surface area (Å²) in [7, 11) is 0. The first-order chi connectivity index (χ1) is 13.0. The van der Waals surface area contributed by atoms with Crippen LogP contribution in [0.3, 0.4) is 0 Å². The minimum atomic E-state index is -0.740. The Morgan fingerprint density at radius 3 is 2.41 bits per heavy atom. The summed E-state index contributed by atoms with van der Waals surface area (Å²) in [5, 5.41) is 13.9. The Morgan fingerprint density at radius 1 is 1.11 bits per heavy atom. The summed E-state index contributed by atoms with van der Waals surface area (Å²) in [6, 6.07) is 12.8. The molecule has 1 fully saturated rings. The second-order valence-electron chi connectivity index (χ2n) is 6.28. The first kappa shape index (κ1) is 19.0. The summed E-state index contributed by atoms with van der Waals surface area (Å²) in [5.41, 5.74) is 1.14. The van der Waals surface area contributed by atoms with Crippen molar-refractivity contribution in [1.82, 2.24) is 5.32 Å². The molecule has 1 saturated heterocycles. The Labute approximate surface area is 162 Å². The molecule has 27 heavy (non-hydrogen) atoms. The van der Waals surface area contributed by atoms with E-state index in [1.807, 2.05) is 0 Å². The lowest BCUT2D eigenvalue weighted by Gasteiger charge is -2.14. The van der Waals surface area contributed by atoms with Crippen LogP contribution in [0.5, 0.6) is 5.75 Å². The van der Waals surface area contributed by atoms with Gasteiger partial charge in [0.05, 0.1) is 18.2 Å². The number of rotatable bonds is 6. The molecule has 0 unspecified atom stereocenters. The number of hydrogen-bond donors (Lipinski definition) is 2. The largest absolute Gasteiger partial charge is 0.507 e. The standard InChI is InChI=1S/C21H20ClNO4/c1-2-3-12-27-16-10-6-14(7-11-16)19(24)17-18(23-21(26)20(17)25)13-4-8-15(22)9-5-13/h4-11,18,24H,2-3,12H2,1H3,(H,23,26)/t18-/m0/s1. The van der Waals surface area contributed by atoms with Gasteiger partial charge >= 0.3 is 0 Å². The van der Waals surface area contributed by atoms with E-state index in [2.05, 4.69) is 12.2 Å². The third-order valence-corrected chi connectivity index (χ3v) is 4.62. The molecular weight excluding hydrogens is 366 g/mol. The molecule has 2 aromatic carbocycles. The van der Waals surface area contributed by atoms with Crippen LogP contribution >= 0.6 is 11.6 Å². The second kappa shape index (κ2) is 8.27. The van der Waals surface area contributed by atoms with Gasteiger partial charge in [0.15, 0.2) is 0 Å². The maximum absolute atomic E-state index is 12.3. The number of carbonyl (C=O) groups is 2. The zero-order valence-corrected chi connectivity index (χ0v) is 15.6. The van der Waals surface area contributed by atoms with E-state index in [0.717, 1.165) is 12.8 Å². The predicted molar refractivity (Wildman–Crippen MR) is 104 cm³/mol. The number of ketones is 1. The van der Waals surface area contributed by atoms with Crippen molar-refractivity contribution >= 4 is 29.1 Å². The number of carbonyl (C=O) groups excluding carboxylic acids is 2. The first-order valence-electron chi connectivity index (χ1n) is 8.78. The lowest BCUT2D eigenvalue weighted by atomic mass is 9.96. The fraction of sp³-hybridized carbons (Fsp3) is 0.238. The van der Waals surface area contributed by atoms with E-state index in [1.165, 1.54) is 0 Å². The average Bonchev–Trinajstić information content (AvgIpc) is 2.97. The Bertz CT molecular complexity index is 872. The summed E-state index contributed by atoms with van der Waals surface area (Å²) in [6.07, 6.45) is 2.00. The van der Waals surface area contributed by atoms with Crippen molar-refractivity contribution in [3.8, 4) is 5.75 Å². The predicted octanol–water partition coefficient (Wildman–Crippen LogP) is 4.23. The molecule has 1 atom stereocenters. The SMILES string of the molecule is CCCCOc1ccc(C(O)=C2C(=O)C(=O)N[C@H]2c2ccc(Cl)cc2)cc1. The van der Waals surface area contributed by atoms with E-state index < -0.39 is 17.7 Å². The fourth-order valence-electron chi connectivity index (χ4n) is 2.87. The van der Waals surface area contributed by atoms with Gasteiger partial charge in [0.2, 0.25) is 0 Å². The molecule has 2 N–H and O–H groups in total. The van der Waals surface area contributed by atoms with Gasteiger partial charge in [-0.2, -0.15) is 0 Å². The molecule has 2 aromatic rings.